The zero-order valence-electron chi connectivity index (χ0n) is 23.8. The monoisotopic (exact) mass is 574 g/mol. The number of ether oxygens (including phenoxy) is 1. The fraction of sp³-hybridized carbons (Fsp3) is 0.808. The normalized spacial score (nSPS) is 13.9. The highest BCUT2D eigenvalue weighted by Crippen LogP contribution is 2.37. The highest BCUT2D eigenvalue weighted by molar-refractivity contribution is 7.99. The molecular weight excluding hydrogens is 523 g/mol. The number of quaternary nitrogens is 1. The molecule has 0 aliphatic heterocycles. The molecule has 2 aromatic heterocycles. The first-order chi connectivity index (χ1) is 17.9. The van der Waals surface area contributed by atoms with E-state index in [2.05, 4.69) is 21.9 Å². The molecule has 2 rings (SSSR count). The van der Waals surface area contributed by atoms with Crippen molar-refractivity contribution in [1.29, 1.82) is 0 Å². The number of hydrogen-bond acceptors (Lipinski definition) is 9. The number of nitrogens with zero attached hydrogens (tertiary/aromatic N) is 4. The average Bonchev–Trinajstić information content (AvgIpc) is 3.28. The van der Waals surface area contributed by atoms with Crippen molar-refractivity contribution in [1.82, 2.24) is 25.7 Å². The van der Waals surface area contributed by atoms with Crippen LogP contribution in [0.15, 0.2) is 12.7 Å². The SMILES string of the molecule is CCCCCCCCCCCCCCSCCCOP(=O)([O-])CO[C@H](C)Cn1cnc2c(N)ncnc21.[NH4+]. The van der Waals surface area contributed by atoms with Crippen LogP contribution in [0.1, 0.15) is 97.3 Å². The summed E-state index contributed by atoms with van der Waals surface area (Å²) in [6.07, 6.45) is 19.2. The Morgan fingerprint density at radius 2 is 1.58 bits per heavy atom. The largest absolute Gasteiger partial charge is 0.777 e. The summed E-state index contributed by atoms with van der Waals surface area (Å²) in [6, 6.07) is 0. The molecule has 0 fully saturated rings. The van der Waals surface area contributed by atoms with Gasteiger partial charge in [-0.15, -0.1) is 0 Å². The Labute approximate surface area is 233 Å². The zero-order valence-corrected chi connectivity index (χ0v) is 25.5. The third-order valence-corrected chi connectivity index (χ3v) is 8.46. The van der Waals surface area contributed by atoms with E-state index in [0.29, 0.717) is 29.9 Å². The first kappa shape index (κ1) is 34.8. The summed E-state index contributed by atoms with van der Waals surface area (Å²) in [7, 11) is -4.03. The van der Waals surface area contributed by atoms with Gasteiger partial charge in [0.1, 0.15) is 18.2 Å². The first-order valence-corrected chi connectivity index (χ1v) is 16.9. The summed E-state index contributed by atoms with van der Waals surface area (Å²) < 4.78 is 24.6. The Morgan fingerprint density at radius 3 is 2.24 bits per heavy atom. The summed E-state index contributed by atoms with van der Waals surface area (Å²) >= 11 is 1.88. The lowest BCUT2D eigenvalue weighted by Crippen LogP contribution is -2.20. The number of aromatic nitrogens is 4. The van der Waals surface area contributed by atoms with Crippen molar-refractivity contribution >= 4 is 36.3 Å². The molecule has 0 radical (unpaired) electrons. The molecule has 220 valence electrons. The van der Waals surface area contributed by atoms with E-state index in [9.17, 15) is 9.46 Å². The minimum absolute atomic E-state index is 0. The fourth-order valence-corrected chi connectivity index (χ4v) is 5.98. The second kappa shape index (κ2) is 20.6. The van der Waals surface area contributed by atoms with Gasteiger partial charge >= 0.3 is 0 Å². The lowest BCUT2D eigenvalue weighted by atomic mass is 10.1. The van der Waals surface area contributed by atoms with Crippen molar-refractivity contribution < 1.29 is 18.7 Å². The van der Waals surface area contributed by atoms with Crippen LogP contribution < -0.4 is 16.8 Å². The number of fused-ring (bicyclic) bond motifs is 1. The number of nitrogens with two attached hydrogens (primary N) is 1. The van der Waals surface area contributed by atoms with Gasteiger partial charge in [0.25, 0.3) is 0 Å². The summed E-state index contributed by atoms with van der Waals surface area (Å²) in [6.45, 7) is 4.65. The minimum atomic E-state index is -4.03. The molecule has 0 spiro atoms. The van der Waals surface area contributed by atoms with Crippen LogP contribution in [-0.4, -0.2) is 50.1 Å². The van der Waals surface area contributed by atoms with Crippen LogP contribution in [0, 0.1) is 0 Å². The minimum Gasteiger partial charge on any atom is -0.777 e. The fourth-order valence-electron chi connectivity index (χ4n) is 4.13. The third-order valence-electron chi connectivity index (χ3n) is 6.26. The van der Waals surface area contributed by atoms with Gasteiger partial charge in [-0.25, -0.2) is 15.0 Å². The Bertz CT molecular complexity index is 919. The molecule has 0 saturated heterocycles. The van der Waals surface area contributed by atoms with Gasteiger partial charge in [-0.2, -0.15) is 11.8 Å². The molecule has 1 unspecified atom stereocenters. The molecule has 2 aromatic rings. The van der Waals surface area contributed by atoms with Gasteiger partial charge < -0.3 is 35.2 Å². The molecule has 0 aromatic carbocycles. The van der Waals surface area contributed by atoms with Crippen molar-refractivity contribution in [3.63, 3.8) is 0 Å². The second-order valence-corrected chi connectivity index (χ2v) is 12.7. The van der Waals surface area contributed by atoms with Crippen LogP contribution in [-0.2, 0) is 20.4 Å². The Morgan fingerprint density at radius 1 is 0.974 bits per heavy atom. The van der Waals surface area contributed by atoms with Crippen molar-refractivity contribution in [2.45, 2.75) is 110 Å². The number of thioether (sulfide) groups is 1. The van der Waals surface area contributed by atoms with E-state index in [-0.39, 0.29) is 18.9 Å². The highest BCUT2D eigenvalue weighted by Gasteiger charge is 2.14. The number of unbranched alkanes of at least 4 members (excludes halogenated alkanes) is 11. The van der Waals surface area contributed by atoms with Crippen LogP contribution in [0.5, 0.6) is 0 Å². The molecule has 38 heavy (non-hydrogen) atoms. The van der Waals surface area contributed by atoms with Gasteiger partial charge in [0.2, 0.25) is 0 Å². The van der Waals surface area contributed by atoms with Gasteiger partial charge in [0.15, 0.2) is 19.1 Å². The molecule has 6 N–H and O–H groups in total. The molecule has 2 atom stereocenters. The maximum Gasteiger partial charge on any atom is 0.165 e. The van der Waals surface area contributed by atoms with Crippen LogP contribution in [0.2, 0.25) is 0 Å². The number of anilines is 1. The van der Waals surface area contributed by atoms with Crippen LogP contribution >= 0.6 is 19.4 Å². The van der Waals surface area contributed by atoms with Gasteiger partial charge in [0, 0.05) is 0 Å². The molecule has 10 nitrogen and oxygen atoms in total. The highest BCUT2D eigenvalue weighted by atomic mass is 32.2. The number of nitrogen functional groups attached to an aromatic ring is 1. The molecule has 0 amide bonds. The van der Waals surface area contributed by atoms with E-state index in [0.717, 1.165) is 11.5 Å². The topological polar surface area (TPSA) is 165 Å². The average molecular weight is 575 g/mol. The standard InChI is InChI=1S/C26H48N5O4PS.H3N/c1-3-4-5-6-7-8-9-10-11-12-13-14-17-37-18-15-16-35-36(32,33)22-34-23(2)19-31-21-30-24-25(27)28-20-29-26(24)31;/h20-21,23H,3-19,22H2,1-2H3,(H,32,33)(H2,27,28,29);1H3/t23-;/m1./s1. The van der Waals surface area contributed by atoms with E-state index >= 15 is 0 Å². The predicted molar refractivity (Wildman–Crippen MR) is 158 cm³/mol. The second-order valence-electron chi connectivity index (χ2n) is 9.73. The van der Waals surface area contributed by atoms with E-state index < -0.39 is 13.9 Å². The van der Waals surface area contributed by atoms with E-state index in [4.69, 9.17) is 15.0 Å². The molecule has 12 heteroatoms. The van der Waals surface area contributed by atoms with E-state index in [1.54, 1.807) is 17.8 Å². The molecular formula is C26H51N6O4PS. The molecule has 0 aliphatic rings. The van der Waals surface area contributed by atoms with Crippen molar-refractivity contribution in [2.24, 2.45) is 0 Å². The zero-order chi connectivity index (χ0) is 26.8. The van der Waals surface area contributed by atoms with Gasteiger partial charge in [-0.1, -0.05) is 77.6 Å². The Hall–Kier alpha value is -1.23. The summed E-state index contributed by atoms with van der Waals surface area (Å²) in [5.74, 6) is 2.35. The summed E-state index contributed by atoms with van der Waals surface area (Å²) in [5.41, 5.74) is 6.90. The maximum absolute atomic E-state index is 12.2. The lowest BCUT2D eigenvalue weighted by Gasteiger charge is -2.25. The van der Waals surface area contributed by atoms with Gasteiger partial charge in [-0.3, -0.25) is 0 Å². The maximum atomic E-state index is 12.2. The van der Waals surface area contributed by atoms with Crippen molar-refractivity contribution in [3.8, 4) is 0 Å². The molecule has 0 saturated carbocycles. The quantitative estimate of drug-likeness (QED) is 0.111. The smallest absolute Gasteiger partial charge is 0.165 e. The van der Waals surface area contributed by atoms with Crippen molar-refractivity contribution in [2.75, 3.05) is 30.2 Å². The van der Waals surface area contributed by atoms with E-state index in [1.807, 2.05) is 11.8 Å². The first-order valence-electron chi connectivity index (χ1n) is 14.0. The number of rotatable bonds is 23. The summed E-state index contributed by atoms with van der Waals surface area (Å²) in [5, 5.41) is 0. The Balaban J connectivity index is 0.00000722. The van der Waals surface area contributed by atoms with Gasteiger partial charge in [0.05, 0.1) is 25.6 Å². The Kier molecular flexibility index (Phi) is 18.9. The van der Waals surface area contributed by atoms with Crippen LogP contribution in [0.25, 0.3) is 11.2 Å². The van der Waals surface area contributed by atoms with Crippen molar-refractivity contribution in [3.05, 3.63) is 12.7 Å². The van der Waals surface area contributed by atoms with Gasteiger partial charge in [-0.05, 0) is 31.3 Å². The van der Waals surface area contributed by atoms with E-state index in [1.165, 1.54) is 83.4 Å². The van der Waals surface area contributed by atoms with Crippen LogP contribution in [0.3, 0.4) is 0 Å². The number of hydrogen-bond donors (Lipinski definition) is 2. The summed E-state index contributed by atoms with van der Waals surface area (Å²) in [4.78, 5) is 24.5. The lowest BCUT2D eigenvalue weighted by molar-refractivity contribution is -0.205. The molecule has 2 heterocycles. The predicted octanol–water partition coefficient (Wildman–Crippen LogP) is 6.54. The molecule has 0 aliphatic carbocycles. The molecule has 0 bridgehead atoms. The third kappa shape index (κ3) is 14.8. The van der Waals surface area contributed by atoms with Crippen LogP contribution in [0.4, 0.5) is 5.82 Å². The number of imidazole rings is 1.